The third kappa shape index (κ3) is 2.66. The summed E-state index contributed by atoms with van der Waals surface area (Å²) in [5.41, 5.74) is 0. The van der Waals surface area contributed by atoms with Gasteiger partial charge in [0.05, 0.1) is 0 Å². The van der Waals surface area contributed by atoms with E-state index in [1.54, 1.807) is 0 Å². The van der Waals surface area contributed by atoms with Crippen LogP contribution in [0.5, 0.6) is 0 Å². The molecule has 2 aliphatic heterocycles. The van der Waals surface area contributed by atoms with Gasteiger partial charge in [-0.15, -0.1) is 0 Å². The zero-order chi connectivity index (χ0) is 14.2. The number of rotatable bonds is 3. The van der Waals surface area contributed by atoms with E-state index in [1.165, 1.54) is 51.9 Å². The first-order valence-corrected chi connectivity index (χ1v) is 8.31. The van der Waals surface area contributed by atoms with Crippen LogP contribution in [0.2, 0.25) is 0 Å². The maximum atomic E-state index is 5.50. The van der Waals surface area contributed by atoms with Crippen LogP contribution in [0.1, 0.15) is 37.5 Å². The molecule has 0 radical (unpaired) electrons. The fraction of sp³-hybridized carbons (Fsp3) is 0.867. The quantitative estimate of drug-likeness (QED) is 0.833. The zero-order valence-corrected chi connectivity index (χ0v) is 12.9. The van der Waals surface area contributed by atoms with Crippen molar-refractivity contribution in [3.63, 3.8) is 0 Å². The molecule has 1 aromatic heterocycles. The molecule has 2 saturated heterocycles. The first kappa shape index (κ1) is 13.5. The summed E-state index contributed by atoms with van der Waals surface area (Å²) >= 11 is 0. The number of hydrogen-bond acceptors (Lipinski definition) is 6. The molecule has 0 unspecified atom stereocenters. The van der Waals surface area contributed by atoms with Crippen molar-refractivity contribution in [2.45, 2.75) is 37.6 Å². The Morgan fingerprint density at radius 2 is 1.71 bits per heavy atom. The lowest BCUT2D eigenvalue weighted by Gasteiger charge is -2.44. The summed E-state index contributed by atoms with van der Waals surface area (Å²) in [6.45, 7) is 6.95. The number of nitrogens with zero attached hydrogens (tertiary/aromatic N) is 5. The summed E-state index contributed by atoms with van der Waals surface area (Å²) < 4.78 is 5.50. The van der Waals surface area contributed by atoms with Crippen LogP contribution in [-0.4, -0.2) is 72.3 Å². The van der Waals surface area contributed by atoms with Crippen molar-refractivity contribution in [1.82, 2.24) is 19.9 Å². The van der Waals surface area contributed by atoms with Crippen LogP contribution in [0, 0.1) is 0 Å². The Morgan fingerprint density at radius 3 is 2.43 bits per heavy atom. The number of aromatic nitrogens is 2. The molecular weight excluding hydrogens is 266 g/mol. The minimum Gasteiger partial charge on any atom is -0.338 e. The Balaban J connectivity index is 1.31. The molecule has 3 heterocycles. The van der Waals surface area contributed by atoms with Crippen molar-refractivity contribution in [1.29, 1.82) is 0 Å². The molecule has 4 rings (SSSR count). The topological polar surface area (TPSA) is 48.6 Å². The summed E-state index contributed by atoms with van der Waals surface area (Å²) in [7, 11) is 2.21. The van der Waals surface area contributed by atoms with E-state index in [0.29, 0.717) is 5.92 Å². The van der Waals surface area contributed by atoms with Gasteiger partial charge in [-0.2, -0.15) is 4.98 Å². The Kier molecular flexibility index (Phi) is 3.59. The summed E-state index contributed by atoms with van der Waals surface area (Å²) in [4.78, 5) is 11.9. The van der Waals surface area contributed by atoms with E-state index in [4.69, 9.17) is 4.52 Å². The Labute approximate surface area is 126 Å². The number of likely N-dealkylation sites (N-methyl/N-ethyl adjacent to an activating group) is 1. The maximum Gasteiger partial charge on any atom is 0.266 e. The standard InChI is InChI=1S/C15H25N5O/c1-18-6-8-19(9-7-18)13-10-12(11-13)14-16-15(17-21-14)20-4-2-3-5-20/h12-13H,2-11H2,1H3. The van der Waals surface area contributed by atoms with Gasteiger partial charge in [0.2, 0.25) is 5.89 Å². The number of hydrogen-bond donors (Lipinski definition) is 0. The van der Waals surface area contributed by atoms with Gasteiger partial charge in [0.25, 0.3) is 5.95 Å². The summed E-state index contributed by atoms with van der Waals surface area (Å²) in [6, 6.07) is 0.728. The van der Waals surface area contributed by atoms with Crippen LogP contribution in [-0.2, 0) is 0 Å². The van der Waals surface area contributed by atoms with Crippen molar-refractivity contribution in [2.24, 2.45) is 0 Å². The van der Waals surface area contributed by atoms with Crippen LogP contribution < -0.4 is 4.90 Å². The van der Waals surface area contributed by atoms with Crippen LogP contribution >= 0.6 is 0 Å². The molecule has 0 atom stereocenters. The van der Waals surface area contributed by atoms with Gasteiger partial charge >= 0.3 is 0 Å². The highest BCUT2D eigenvalue weighted by atomic mass is 16.5. The molecule has 6 heteroatoms. The Bertz CT molecular complexity index is 470. The molecule has 0 bridgehead atoms. The van der Waals surface area contributed by atoms with E-state index in [0.717, 1.165) is 31.0 Å². The van der Waals surface area contributed by atoms with Gasteiger partial charge in [-0.05, 0) is 37.9 Å². The summed E-state index contributed by atoms with van der Waals surface area (Å²) in [5, 5.41) is 4.17. The van der Waals surface area contributed by atoms with Gasteiger partial charge in [0.15, 0.2) is 0 Å². The van der Waals surface area contributed by atoms with Crippen LogP contribution in [0.25, 0.3) is 0 Å². The fourth-order valence-electron chi connectivity index (χ4n) is 3.71. The normalized spacial score (nSPS) is 31.6. The van der Waals surface area contributed by atoms with Crippen LogP contribution in [0.4, 0.5) is 5.95 Å². The molecule has 1 aliphatic carbocycles. The average Bonchev–Trinajstić information content (AvgIpc) is 3.09. The minimum absolute atomic E-state index is 0.485. The average molecular weight is 291 g/mol. The van der Waals surface area contributed by atoms with Crippen molar-refractivity contribution in [2.75, 3.05) is 51.2 Å². The van der Waals surface area contributed by atoms with E-state index in [-0.39, 0.29) is 0 Å². The lowest BCUT2D eigenvalue weighted by molar-refractivity contribution is 0.0532. The van der Waals surface area contributed by atoms with Gasteiger partial charge < -0.3 is 14.3 Å². The molecule has 1 saturated carbocycles. The third-order valence-electron chi connectivity index (χ3n) is 5.34. The van der Waals surface area contributed by atoms with E-state index >= 15 is 0 Å². The van der Waals surface area contributed by atoms with Crippen LogP contribution in [0.3, 0.4) is 0 Å². The second-order valence-corrected chi connectivity index (χ2v) is 6.79. The highest BCUT2D eigenvalue weighted by Gasteiger charge is 2.38. The van der Waals surface area contributed by atoms with Gasteiger partial charge in [-0.25, -0.2) is 0 Å². The summed E-state index contributed by atoms with van der Waals surface area (Å²) in [6.07, 6.45) is 4.87. The first-order valence-electron chi connectivity index (χ1n) is 8.31. The first-order chi connectivity index (χ1) is 10.3. The highest BCUT2D eigenvalue weighted by Crippen LogP contribution is 2.39. The van der Waals surface area contributed by atoms with Gasteiger partial charge in [-0.3, -0.25) is 4.90 Å². The predicted octanol–water partition coefficient (Wildman–Crippen LogP) is 1.16. The van der Waals surface area contributed by atoms with Gasteiger partial charge in [-0.1, -0.05) is 0 Å². The van der Waals surface area contributed by atoms with Crippen molar-refractivity contribution < 1.29 is 4.52 Å². The third-order valence-corrected chi connectivity index (χ3v) is 5.34. The molecule has 21 heavy (non-hydrogen) atoms. The lowest BCUT2D eigenvalue weighted by Crippen LogP contribution is -2.52. The molecule has 0 N–H and O–H groups in total. The summed E-state index contributed by atoms with van der Waals surface area (Å²) in [5.74, 6) is 2.16. The largest absolute Gasteiger partial charge is 0.338 e. The molecule has 6 nitrogen and oxygen atoms in total. The molecule has 0 aromatic carbocycles. The smallest absolute Gasteiger partial charge is 0.266 e. The monoisotopic (exact) mass is 291 g/mol. The Morgan fingerprint density at radius 1 is 1.00 bits per heavy atom. The van der Waals surface area contributed by atoms with Gasteiger partial charge in [0, 0.05) is 51.2 Å². The molecule has 3 aliphatic rings. The van der Waals surface area contributed by atoms with E-state index < -0.39 is 0 Å². The molecule has 1 aromatic rings. The number of anilines is 1. The molecule has 116 valence electrons. The predicted molar refractivity (Wildman–Crippen MR) is 80.6 cm³/mol. The number of piperazine rings is 1. The molecular formula is C15H25N5O. The van der Waals surface area contributed by atoms with Crippen LogP contribution in [0.15, 0.2) is 4.52 Å². The molecule has 3 fully saturated rings. The van der Waals surface area contributed by atoms with Crippen molar-refractivity contribution >= 4 is 5.95 Å². The Hall–Kier alpha value is -1.14. The lowest BCUT2D eigenvalue weighted by atomic mass is 9.79. The maximum absolute atomic E-state index is 5.50. The second-order valence-electron chi connectivity index (χ2n) is 6.79. The van der Waals surface area contributed by atoms with E-state index in [2.05, 4.69) is 31.9 Å². The van der Waals surface area contributed by atoms with Gasteiger partial charge in [0.1, 0.15) is 0 Å². The SMILES string of the molecule is CN1CCN(C2CC(c3nc(N4CCCC4)no3)C2)CC1. The fourth-order valence-corrected chi connectivity index (χ4v) is 3.71. The van der Waals surface area contributed by atoms with E-state index in [1.807, 2.05) is 0 Å². The zero-order valence-electron chi connectivity index (χ0n) is 12.9. The second kappa shape index (κ2) is 5.57. The van der Waals surface area contributed by atoms with Crippen molar-refractivity contribution in [3.05, 3.63) is 5.89 Å². The molecule has 0 spiro atoms. The minimum atomic E-state index is 0.485. The van der Waals surface area contributed by atoms with E-state index in [9.17, 15) is 0 Å². The highest BCUT2D eigenvalue weighted by molar-refractivity contribution is 5.29. The van der Waals surface area contributed by atoms with Crippen molar-refractivity contribution in [3.8, 4) is 0 Å². The molecule has 0 amide bonds.